The number of carbonyl (C=O) groups excluding carboxylic acids is 2. The zero-order valence-corrected chi connectivity index (χ0v) is 16.2. The number of fused-ring (bicyclic) bond motifs is 1. The highest BCUT2D eigenvalue weighted by molar-refractivity contribution is 5.94. The van der Waals surface area contributed by atoms with Crippen LogP contribution in [0.5, 0.6) is 0 Å². The second kappa shape index (κ2) is 7.46. The number of imidazole rings is 1. The van der Waals surface area contributed by atoms with Crippen LogP contribution in [0.25, 0.3) is 5.65 Å². The first-order valence-electron chi connectivity index (χ1n) is 9.57. The lowest BCUT2D eigenvalue weighted by atomic mass is 10.1. The number of nitrogens with zero attached hydrogens (tertiary/aromatic N) is 4. The van der Waals surface area contributed by atoms with E-state index in [1.54, 1.807) is 16.7 Å². The summed E-state index contributed by atoms with van der Waals surface area (Å²) in [5.41, 5.74) is 3.94. The summed E-state index contributed by atoms with van der Waals surface area (Å²) in [5, 5.41) is 0. The van der Waals surface area contributed by atoms with Gasteiger partial charge in [-0.25, -0.2) is 4.98 Å². The van der Waals surface area contributed by atoms with Crippen LogP contribution in [0.1, 0.15) is 23.7 Å². The number of hydrogen-bond acceptors (Lipinski definition) is 3. The zero-order valence-electron chi connectivity index (χ0n) is 16.2. The van der Waals surface area contributed by atoms with E-state index in [0.29, 0.717) is 13.1 Å². The molecule has 1 saturated heterocycles. The maximum Gasteiger partial charge on any atom is 0.245 e. The second-order valence-electron chi connectivity index (χ2n) is 7.40. The highest BCUT2D eigenvalue weighted by atomic mass is 16.2. The maximum atomic E-state index is 12.8. The Hall–Kier alpha value is -3.15. The van der Waals surface area contributed by atoms with Gasteiger partial charge in [0, 0.05) is 18.9 Å². The van der Waals surface area contributed by atoms with Crippen LogP contribution in [0.3, 0.4) is 0 Å². The van der Waals surface area contributed by atoms with Crippen LogP contribution in [0, 0.1) is 6.92 Å². The number of rotatable bonds is 5. The second-order valence-corrected chi connectivity index (χ2v) is 7.40. The van der Waals surface area contributed by atoms with Crippen molar-refractivity contribution in [3.63, 3.8) is 0 Å². The largest absolute Gasteiger partial charge is 0.331 e. The topological polar surface area (TPSA) is 57.9 Å². The van der Waals surface area contributed by atoms with E-state index in [1.807, 2.05) is 66.2 Å². The van der Waals surface area contributed by atoms with Crippen LogP contribution in [0.4, 0.5) is 0 Å². The smallest absolute Gasteiger partial charge is 0.245 e. The Kier molecular flexibility index (Phi) is 4.86. The third kappa shape index (κ3) is 3.63. The minimum absolute atomic E-state index is 0.00450. The van der Waals surface area contributed by atoms with Crippen molar-refractivity contribution in [1.29, 1.82) is 0 Å². The van der Waals surface area contributed by atoms with Gasteiger partial charge >= 0.3 is 0 Å². The molecule has 1 aliphatic heterocycles. The van der Waals surface area contributed by atoms with Gasteiger partial charge in [0.2, 0.25) is 11.8 Å². The van der Waals surface area contributed by atoms with Gasteiger partial charge in [0.1, 0.15) is 11.7 Å². The van der Waals surface area contributed by atoms with E-state index in [-0.39, 0.29) is 18.4 Å². The number of carbonyl (C=O) groups is 2. The fourth-order valence-corrected chi connectivity index (χ4v) is 3.67. The number of aromatic nitrogens is 2. The lowest BCUT2D eigenvalue weighted by Gasteiger charge is -2.38. The SMILES string of the molecule is Cc1ccc2nc(CN3C(=O)CN(CCc4ccccc4)C(=O)[C@@H]3C)cn2c1. The quantitative estimate of drug-likeness (QED) is 0.687. The molecule has 6 nitrogen and oxygen atoms in total. The average Bonchev–Trinajstić information content (AvgIpc) is 3.09. The van der Waals surface area contributed by atoms with E-state index in [1.165, 1.54) is 0 Å². The molecule has 0 radical (unpaired) electrons. The number of benzene rings is 1. The summed E-state index contributed by atoms with van der Waals surface area (Å²) < 4.78 is 1.96. The number of aryl methyl sites for hydroxylation is 1. The zero-order chi connectivity index (χ0) is 19.7. The predicted octanol–water partition coefficient (Wildman–Crippen LogP) is 2.44. The van der Waals surface area contributed by atoms with Crippen molar-refractivity contribution in [1.82, 2.24) is 19.2 Å². The van der Waals surface area contributed by atoms with Crippen molar-refractivity contribution >= 4 is 17.5 Å². The molecule has 0 bridgehead atoms. The fraction of sp³-hybridized carbons (Fsp3) is 0.318. The summed E-state index contributed by atoms with van der Waals surface area (Å²) in [6.45, 7) is 4.86. The molecule has 2 amide bonds. The third-order valence-corrected chi connectivity index (χ3v) is 5.28. The molecule has 0 unspecified atom stereocenters. The lowest BCUT2D eigenvalue weighted by molar-refractivity contribution is -0.155. The van der Waals surface area contributed by atoms with Crippen molar-refractivity contribution in [2.24, 2.45) is 0 Å². The Bertz CT molecular complexity index is 1010. The van der Waals surface area contributed by atoms with E-state index in [0.717, 1.165) is 28.9 Å². The first-order chi connectivity index (χ1) is 13.5. The van der Waals surface area contributed by atoms with Crippen molar-refractivity contribution in [3.8, 4) is 0 Å². The van der Waals surface area contributed by atoms with Gasteiger partial charge in [0.05, 0.1) is 18.8 Å². The standard InChI is InChI=1S/C22H24N4O2/c1-16-8-9-20-23-19(13-25(20)12-16)14-26-17(2)22(28)24(15-21(26)27)11-10-18-6-4-3-5-7-18/h3-9,12-13,17H,10-11,14-15H2,1-2H3/t17-/m0/s1. The molecule has 3 heterocycles. The van der Waals surface area contributed by atoms with Gasteiger partial charge in [-0.2, -0.15) is 0 Å². The van der Waals surface area contributed by atoms with Gasteiger partial charge in [-0.15, -0.1) is 0 Å². The van der Waals surface area contributed by atoms with Crippen LogP contribution in [-0.4, -0.2) is 50.1 Å². The molecule has 0 spiro atoms. The van der Waals surface area contributed by atoms with Gasteiger partial charge in [-0.3, -0.25) is 9.59 Å². The molecule has 1 aromatic carbocycles. The Balaban J connectivity index is 1.44. The van der Waals surface area contributed by atoms with Gasteiger partial charge in [-0.1, -0.05) is 36.4 Å². The maximum absolute atomic E-state index is 12.8. The van der Waals surface area contributed by atoms with Gasteiger partial charge in [0.25, 0.3) is 0 Å². The minimum atomic E-state index is -0.483. The van der Waals surface area contributed by atoms with Gasteiger partial charge < -0.3 is 14.2 Å². The normalized spacial score (nSPS) is 17.6. The fourth-order valence-electron chi connectivity index (χ4n) is 3.67. The summed E-state index contributed by atoms with van der Waals surface area (Å²) >= 11 is 0. The monoisotopic (exact) mass is 376 g/mol. The van der Waals surface area contributed by atoms with E-state index >= 15 is 0 Å². The highest BCUT2D eigenvalue weighted by Gasteiger charge is 2.36. The van der Waals surface area contributed by atoms with Crippen LogP contribution in [-0.2, 0) is 22.6 Å². The van der Waals surface area contributed by atoms with E-state index in [4.69, 9.17) is 0 Å². The van der Waals surface area contributed by atoms with E-state index in [2.05, 4.69) is 4.98 Å². The molecule has 3 aromatic rings. The van der Waals surface area contributed by atoms with Crippen molar-refractivity contribution in [2.45, 2.75) is 32.9 Å². The Morgan fingerprint density at radius 2 is 1.86 bits per heavy atom. The molecule has 6 heteroatoms. The molecule has 1 fully saturated rings. The summed E-state index contributed by atoms with van der Waals surface area (Å²) in [6.07, 6.45) is 4.68. The number of piperazine rings is 1. The van der Waals surface area contributed by atoms with E-state index < -0.39 is 6.04 Å². The molecule has 28 heavy (non-hydrogen) atoms. The molecule has 2 aromatic heterocycles. The molecule has 1 atom stereocenters. The molecular weight excluding hydrogens is 352 g/mol. The highest BCUT2D eigenvalue weighted by Crippen LogP contribution is 2.17. The van der Waals surface area contributed by atoms with E-state index in [9.17, 15) is 9.59 Å². The lowest BCUT2D eigenvalue weighted by Crippen LogP contribution is -2.58. The Labute approximate surface area is 164 Å². The minimum Gasteiger partial charge on any atom is -0.331 e. The third-order valence-electron chi connectivity index (χ3n) is 5.28. The summed E-state index contributed by atoms with van der Waals surface area (Å²) in [6, 6.07) is 13.5. The van der Waals surface area contributed by atoms with Gasteiger partial charge in [-0.05, 0) is 37.5 Å². The molecule has 1 aliphatic rings. The van der Waals surface area contributed by atoms with Crippen molar-refractivity contribution in [2.75, 3.05) is 13.1 Å². The van der Waals surface area contributed by atoms with Crippen molar-refractivity contribution in [3.05, 3.63) is 71.7 Å². The summed E-state index contributed by atoms with van der Waals surface area (Å²) in [5.74, 6) is -0.0384. The molecule has 144 valence electrons. The number of pyridine rings is 1. The van der Waals surface area contributed by atoms with Crippen LogP contribution in [0.2, 0.25) is 0 Å². The van der Waals surface area contributed by atoms with Crippen molar-refractivity contribution < 1.29 is 9.59 Å². The molecular formula is C22H24N4O2. The number of hydrogen-bond donors (Lipinski definition) is 0. The first kappa shape index (κ1) is 18.2. The van der Waals surface area contributed by atoms with Crippen LogP contribution >= 0.6 is 0 Å². The van der Waals surface area contributed by atoms with Crippen LogP contribution < -0.4 is 0 Å². The average molecular weight is 376 g/mol. The molecule has 0 aliphatic carbocycles. The summed E-state index contributed by atoms with van der Waals surface area (Å²) in [4.78, 5) is 33.4. The van der Waals surface area contributed by atoms with Gasteiger partial charge in [0.15, 0.2) is 0 Å². The first-order valence-corrected chi connectivity index (χ1v) is 9.57. The van der Waals surface area contributed by atoms with Crippen LogP contribution in [0.15, 0.2) is 54.9 Å². The summed E-state index contributed by atoms with van der Waals surface area (Å²) in [7, 11) is 0. The Morgan fingerprint density at radius 3 is 2.64 bits per heavy atom. The molecule has 0 saturated carbocycles. The predicted molar refractivity (Wildman–Crippen MR) is 107 cm³/mol. The Morgan fingerprint density at radius 1 is 1.07 bits per heavy atom. The number of amides is 2. The molecule has 4 rings (SSSR count). The molecule has 0 N–H and O–H groups in total.